The van der Waals surface area contributed by atoms with E-state index in [2.05, 4.69) is 28.1 Å². The van der Waals surface area contributed by atoms with Crippen LogP contribution >= 0.6 is 0 Å². The molecule has 2 aromatic heterocycles. The highest BCUT2D eigenvalue weighted by molar-refractivity contribution is 5.36. The second kappa shape index (κ2) is 3.31. The third kappa shape index (κ3) is 1.51. The number of fused-ring (bicyclic) bond motifs is 1. The monoisotopic (exact) mass is 202 g/mol. The Kier molecular flexibility index (Phi) is 1.95. The van der Waals surface area contributed by atoms with Crippen LogP contribution in [0.3, 0.4) is 0 Å². The Labute approximate surface area is 88.5 Å². The molecule has 0 bridgehead atoms. The minimum atomic E-state index is 0.585. The molecule has 0 radical (unpaired) electrons. The van der Waals surface area contributed by atoms with Crippen molar-refractivity contribution < 1.29 is 0 Å². The van der Waals surface area contributed by atoms with Crippen molar-refractivity contribution in [2.24, 2.45) is 0 Å². The van der Waals surface area contributed by atoms with E-state index in [1.807, 2.05) is 16.8 Å². The molecular weight excluding hydrogens is 188 g/mol. The van der Waals surface area contributed by atoms with Crippen molar-refractivity contribution in [3.05, 3.63) is 30.2 Å². The van der Waals surface area contributed by atoms with Crippen molar-refractivity contribution in [3.8, 4) is 0 Å². The highest BCUT2D eigenvalue weighted by Crippen LogP contribution is 2.24. The summed E-state index contributed by atoms with van der Waals surface area (Å²) in [5.74, 6) is 0.585. The van der Waals surface area contributed by atoms with Crippen molar-refractivity contribution in [1.29, 1.82) is 0 Å². The molecule has 3 rings (SSSR count). The minimum absolute atomic E-state index is 0.585. The number of hydrogen-bond acceptors (Lipinski definition) is 3. The zero-order valence-electron chi connectivity index (χ0n) is 8.80. The summed E-state index contributed by atoms with van der Waals surface area (Å²) in [5, 5.41) is 4.58. The average molecular weight is 202 g/mol. The van der Waals surface area contributed by atoms with Gasteiger partial charge in [-0.1, -0.05) is 0 Å². The van der Waals surface area contributed by atoms with Crippen LogP contribution in [0, 0.1) is 0 Å². The number of likely N-dealkylation sites (tertiary alicyclic amines) is 1. The standard InChI is InChI=1S/C11H14N4/c1-14-6-4-9(8-14)10-2-3-11-12-5-7-15(11)13-10/h2-3,5,7,9H,4,6,8H2,1H3. The van der Waals surface area contributed by atoms with E-state index in [1.165, 1.54) is 18.7 Å². The van der Waals surface area contributed by atoms with Crippen LogP contribution in [0.1, 0.15) is 18.0 Å². The molecule has 3 heterocycles. The van der Waals surface area contributed by atoms with Crippen LogP contribution in [-0.2, 0) is 0 Å². The van der Waals surface area contributed by atoms with E-state index in [4.69, 9.17) is 0 Å². The molecule has 1 fully saturated rings. The van der Waals surface area contributed by atoms with Gasteiger partial charge >= 0.3 is 0 Å². The number of hydrogen-bond donors (Lipinski definition) is 0. The predicted molar refractivity (Wildman–Crippen MR) is 57.8 cm³/mol. The Balaban J connectivity index is 1.97. The van der Waals surface area contributed by atoms with E-state index in [-0.39, 0.29) is 0 Å². The molecule has 1 saturated heterocycles. The van der Waals surface area contributed by atoms with E-state index in [1.54, 1.807) is 6.20 Å². The second-order valence-electron chi connectivity index (χ2n) is 4.24. The summed E-state index contributed by atoms with van der Waals surface area (Å²) in [4.78, 5) is 6.54. The third-order valence-electron chi connectivity index (χ3n) is 3.09. The van der Waals surface area contributed by atoms with Gasteiger partial charge in [0.25, 0.3) is 0 Å². The first-order valence-electron chi connectivity index (χ1n) is 5.32. The Hall–Kier alpha value is -1.42. The first-order chi connectivity index (χ1) is 7.33. The maximum atomic E-state index is 4.58. The summed E-state index contributed by atoms with van der Waals surface area (Å²) in [6, 6.07) is 4.15. The van der Waals surface area contributed by atoms with Gasteiger partial charge in [0.1, 0.15) is 0 Å². The molecule has 0 spiro atoms. The fourth-order valence-corrected chi connectivity index (χ4v) is 2.22. The molecule has 0 amide bonds. The first kappa shape index (κ1) is 8.85. The van der Waals surface area contributed by atoms with Gasteiger partial charge in [0.05, 0.1) is 5.69 Å². The van der Waals surface area contributed by atoms with E-state index < -0.39 is 0 Å². The molecule has 15 heavy (non-hydrogen) atoms. The van der Waals surface area contributed by atoms with Crippen molar-refractivity contribution in [2.75, 3.05) is 20.1 Å². The minimum Gasteiger partial charge on any atom is -0.306 e. The largest absolute Gasteiger partial charge is 0.306 e. The molecule has 0 aromatic carbocycles. The van der Waals surface area contributed by atoms with Gasteiger partial charge in [-0.2, -0.15) is 5.10 Å². The fourth-order valence-electron chi connectivity index (χ4n) is 2.22. The molecule has 0 N–H and O–H groups in total. The lowest BCUT2D eigenvalue weighted by molar-refractivity contribution is 0.410. The number of rotatable bonds is 1. The molecule has 1 atom stereocenters. The zero-order valence-corrected chi connectivity index (χ0v) is 8.80. The number of imidazole rings is 1. The molecular formula is C11H14N4. The summed E-state index contributed by atoms with van der Waals surface area (Å²) >= 11 is 0. The molecule has 1 unspecified atom stereocenters. The van der Waals surface area contributed by atoms with Crippen LogP contribution in [0.25, 0.3) is 5.65 Å². The van der Waals surface area contributed by atoms with Crippen molar-refractivity contribution in [1.82, 2.24) is 19.5 Å². The SMILES string of the molecule is CN1CCC(c2ccc3nccn3n2)C1. The van der Waals surface area contributed by atoms with Crippen LogP contribution in [0.15, 0.2) is 24.5 Å². The topological polar surface area (TPSA) is 33.4 Å². The highest BCUT2D eigenvalue weighted by Gasteiger charge is 2.22. The molecule has 78 valence electrons. The van der Waals surface area contributed by atoms with Crippen molar-refractivity contribution in [3.63, 3.8) is 0 Å². The van der Waals surface area contributed by atoms with Crippen LogP contribution in [0.5, 0.6) is 0 Å². The van der Waals surface area contributed by atoms with E-state index in [0.717, 1.165) is 12.2 Å². The quantitative estimate of drug-likeness (QED) is 0.695. The van der Waals surface area contributed by atoms with Crippen LogP contribution < -0.4 is 0 Å². The molecule has 2 aromatic rings. The van der Waals surface area contributed by atoms with Gasteiger partial charge in [-0.15, -0.1) is 0 Å². The summed E-state index contributed by atoms with van der Waals surface area (Å²) < 4.78 is 1.85. The number of aromatic nitrogens is 3. The van der Waals surface area contributed by atoms with Crippen LogP contribution in [0.4, 0.5) is 0 Å². The average Bonchev–Trinajstić information content (AvgIpc) is 2.84. The van der Waals surface area contributed by atoms with Gasteiger partial charge in [0.2, 0.25) is 0 Å². The maximum Gasteiger partial charge on any atom is 0.153 e. The van der Waals surface area contributed by atoms with Crippen molar-refractivity contribution in [2.45, 2.75) is 12.3 Å². The van der Waals surface area contributed by atoms with Gasteiger partial charge in [0.15, 0.2) is 5.65 Å². The van der Waals surface area contributed by atoms with Crippen molar-refractivity contribution >= 4 is 5.65 Å². The lowest BCUT2D eigenvalue weighted by atomic mass is 10.1. The van der Waals surface area contributed by atoms with E-state index in [9.17, 15) is 0 Å². The second-order valence-corrected chi connectivity index (χ2v) is 4.24. The highest BCUT2D eigenvalue weighted by atomic mass is 15.2. The smallest absolute Gasteiger partial charge is 0.153 e. The van der Waals surface area contributed by atoms with Gasteiger partial charge in [-0.3, -0.25) is 0 Å². The van der Waals surface area contributed by atoms with Gasteiger partial charge in [-0.25, -0.2) is 9.50 Å². The van der Waals surface area contributed by atoms with Crippen LogP contribution in [0.2, 0.25) is 0 Å². The Morgan fingerprint density at radius 1 is 1.40 bits per heavy atom. The lowest BCUT2D eigenvalue weighted by Gasteiger charge is -2.09. The molecule has 0 aliphatic carbocycles. The molecule has 0 saturated carbocycles. The molecule has 4 heteroatoms. The molecule has 4 nitrogen and oxygen atoms in total. The summed E-state index contributed by atoms with van der Waals surface area (Å²) in [6.45, 7) is 2.29. The van der Waals surface area contributed by atoms with E-state index in [0.29, 0.717) is 5.92 Å². The zero-order chi connectivity index (χ0) is 10.3. The van der Waals surface area contributed by atoms with E-state index >= 15 is 0 Å². The predicted octanol–water partition coefficient (Wildman–Crippen LogP) is 1.15. The molecule has 1 aliphatic rings. The fraction of sp³-hybridized carbons (Fsp3) is 0.455. The van der Waals surface area contributed by atoms with Gasteiger partial charge in [0, 0.05) is 24.9 Å². The molecule has 1 aliphatic heterocycles. The first-order valence-corrected chi connectivity index (χ1v) is 5.32. The maximum absolute atomic E-state index is 4.58. The third-order valence-corrected chi connectivity index (χ3v) is 3.09. The normalized spacial score (nSPS) is 22.6. The Morgan fingerprint density at radius 2 is 2.33 bits per heavy atom. The summed E-state index contributed by atoms with van der Waals surface area (Å²) in [7, 11) is 2.16. The Bertz CT molecular complexity index is 476. The van der Waals surface area contributed by atoms with Gasteiger partial charge in [-0.05, 0) is 32.1 Å². The number of likely N-dealkylation sites (N-methyl/N-ethyl adjacent to an activating group) is 1. The number of nitrogens with zero attached hydrogens (tertiary/aromatic N) is 4. The summed E-state index contributed by atoms with van der Waals surface area (Å²) in [6.07, 6.45) is 4.90. The van der Waals surface area contributed by atoms with Crippen LogP contribution in [-0.4, -0.2) is 39.6 Å². The Morgan fingerprint density at radius 3 is 3.13 bits per heavy atom. The lowest BCUT2D eigenvalue weighted by Crippen LogP contribution is -2.14. The van der Waals surface area contributed by atoms with Gasteiger partial charge < -0.3 is 4.90 Å². The summed E-state index contributed by atoms with van der Waals surface area (Å²) in [5.41, 5.74) is 2.11.